The molecular weight excluding hydrogens is 282 g/mol. The lowest BCUT2D eigenvalue weighted by Crippen LogP contribution is -2.28. The maximum atomic E-state index is 11.5. The van der Waals surface area contributed by atoms with E-state index in [4.69, 9.17) is 9.47 Å². The van der Waals surface area contributed by atoms with Crippen LogP contribution in [0.25, 0.3) is 0 Å². The lowest BCUT2D eigenvalue weighted by Gasteiger charge is -2.08. The standard InChI is InChI=1S/C17H33NO4/c1-14(2)12-16(19)6-5-8-21-10-11-22-9-7-18-17(20)13-15(3)4/h14-15H,5-13H2,1-4H3,(H,18,20). The van der Waals surface area contributed by atoms with Crippen LogP contribution in [-0.4, -0.2) is 44.7 Å². The fourth-order valence-electron chi connectivity index (χ4n) is 1.96. The Kier molecular flexibility index (Phi) is 13.1. The van der Waals surface area contributed by atoms with Gasteiger partial charge in [0.25, 0.3) is 0 Å². The molecule has 5 heteroatoms. The van der Waals surface area contributed by atoms with Gasteiger partial charge in [-0.25, -0.2) is 0 Å². The predicted octanol–water partition coefficient (Wildman–Crippen LogP) is 2.58. The molecular formula is C17H33NO4. The number of rotatable bonds is 14. The Morgan fingerprint density at radius 1 is 0.864 bits per heavy atom. The molecule has 0 aliphatic carbocycles. The highest BCUT2D eigenvalue weighted by Gasteiger charge is 2.05. The van der Waals surface area contributed by atoms with E-state index in [1.54, 1.807) is 0 Å². The van der Waals surface area contributed by atoms with E-state index in [1.165, 1.54) is 0 Å². The van der Waals surface area contributed by atoms with Gasteiger partial charge in [-0.1, -0.05) is 27.7 Å². The fraction of sp³-hybridized carbons (Fsp3) is 0.882. The van der Waals surface area contributed by atoms with Crippen LogP contribution >= 0.6 is 0 Å². The smallest absolute Gasteiger partial charge is 0.220 e. The molecule has 0 saturated heterocycles. The van der Waals surface area contributed by atoms with Crippen molar-refractivity contribution in [3.8, 4) is 0 Å². The van der Waals surface area contributed by atoms with Crippen LogP contribution in [0.4, 0.5) is 0 Å². The zero-order chi connectivity index (χ0) is 16.8. The lowest BCUT2D eigenvalue weighted by atomic mass is 10.0. The predicted molar refractivity (Wildman–Crippen MR) is 87.8 cm³/mol. The van der Waals surface area contributed by atoms with E-state index in [1.807, 2.05) is 13.8 Å². The number of nitrogens with one attached hydrogen (secondary N) is 1. The summed E-state index contributed by atoms with van der Waals surface area (Å²) in [5, 5.41) is 2.81. The van der Waals surface area contributed by atoms with E-state index in [9.17, 15) is 9.59 Å². The average molecular weight is 315 g/mol. The Labute approximate surface area is 135 Å². The van der Waals surface area contributed by atoms with Gasteiger partial charge in [0, 0.05) is 32.4 Å². The quantitative estimate of drug-likeness (QED) is 0.500. The molecule has 0 aliphatic heterocycles. The van der Waals surface area contributed by atoms with Gasteiger partial charge in [0.2, 0.25) is 5.91 Å². The van der Waals surface area contributed by atoms with Crippen LogP contribution in [-0.2, 0) is 19.1 Å². The number of hydrogen-bond donors (Lipinski definition) is 1. The van der Waals surface area contributed by atoms with E-state index >= 15 is 0 Å². The van der Waals surface area contributed by atoms with Crippen LogP contribution in [0.15, 0.2) is 0 Å². The maximum Gasteiger partial charge on any atom is 0.220 e. The first kappa shape index (κ1) is 21.1. The van der Waals surface area contributed by atoms with Gasteiger partial charge in [-0.2, -0.15) is 0 Å². The minimum atomic E-state index is 0.0703. The first-order valence-electron chi connectivity index (χ1n) is 8.35. The molecule has 1 amide bonds. The number of carbonyl (C=O) groups excluding carboxylic acids is 2. The third-order valence-electron chi connectivity index (χ3n) is 2.91. The Balaban J connectivity index is 3.24. The number of Topliss-reactive ketones (excluding diaryl/α,β-unsaturated/α-hetero) is 1. The fourth-order valence-corrected chi connectivity index (χ4v) is 1.96. The zero-order valence-corrected chi connectivity index (χ0v) is 14.7. The second-order valence-electron chi connectivity index (χ2n) is 6.41. The van der Waals surface area contributed by atoms with Crippen molar-refractivity contribution in [2.45, 2.75) is 53.4 Å². The largest absolute Gasteiger partial charge is 0.379 e. The van der Waals surface area contributed by atoms with Crippen molar-refractivity contribution < 1.29 is 19.1 Å². The van der Waals surface area contributed by atoms with Crippen molar-refractivity contribution in [3.63, 3.8) is 0 Å². The van der Waals surface area contributed by atoms with Gasteiger partial charge in [0.15, 0.2) is 0 Å². The maximum absolute atomic E-state index is 11.5. The number of ether oxygens (including phenoxy) is 2. The molecule has 22 heavy (non-hydrogen) atoms. The summed E-state index contributed by atoms with van der Waals surface area (Å²) in [5.74, 6) is 1.19. The van der Waals surface area contributed by atoms with Crippen molar-refractivity contribution in [1.82, 2.24) is 5.32 Å². The lowest BCUT2D eigenvalue weighted by molar-refractivity contribution is -0.122. The highest BCUT2D eigenvalue weighted by Crippen LogP contribution is 2.04. The monoisotopic (exact) mass is 315 g/mol. The second-order valence-corrected chi connectivity index (χ2v) is 6.41. The molecule has 0 heterocycles. The molecule has 0 spiro atoms. The Hall–Kier alpha value is -0.940. The number of ketones is 1. The van der Waals surface area contributed by atoms with Crippen LogP contribution in [0.1, 0.15) is 53.4 Å². The van der Waals surface area contributed by atoms with E-state index in [0.717, 1.165) is 6.42 Å². The molecule has 5 nitrogen and oxygen atoms in total. The summed E-state index contributed by atoms with van der Waals surface area (Å²) in [6.45, 7) is 10.8. The van der Waals surface area contributed by atoms with Gasteiger partial charge < -0.3 is 14.8 Å². The molecule has 130 valence electrons. The van der Waals surface area contributed by atoms with Gasteiger partial charge in [0.1, 0.15) is 5.78 Å². The highest BCUT2D eigenvalue weighted by atomic mass is 16.5. The Morgan fingerprint density at radius 2 is 1.45 bits per heavy atom. The van der Waals surface area contributed by atoms with Crippen molar-refractivity contribution in [2.75, 3.05) is 33.0 Å². The van der Waals surface area contributed by atoms with Crippen LogP contribution < -0.4 is 5.32 Å². The van der Waals surface area contributed by atoms with E-state index in [0.29, 0.717) is 69.9 Å². The average Bonchev–Trinajstić information content (AvgIpc) is 2.39. The summed E-state index contributed by atoms with van der Waals surface area (Å²) in [7, 11) is 0. The number of carbonyl (C=O) groups is 2. The molecule has 0 aromatic carbocycles. The number of amides is 1. The summed E-state index contributed by atoms with van der Waals surface area (Å²) in [6, 6.07) is 0. The molecule has 0 atom stereocenters. The molecule has 0 radical (unpaired) electrons. The number of hydrogen-bond acceptors (Lipinski definition) is 4. The van der Waals surface area contributed by atoms with Crippen molar-refractivity contribution in [2.24, 2.45) is 11.8 Å². The van der Waals surface area contributed by atoms with E-state index in [2.05, 4.69) is 19.2 Å². The molecule has 0 fully saturated rings. The third-order valence-corrected chi connectivity index (χ3v) is 2.91. The summed E-state index contributed by atoms with van der Waals surface area (Å²) in [6.07, 6.45) is 2.59. The molecule has 1 N–H and O–H groups in total. The van der Waals surface area contributed by atoms with Crippen LogP contribution in [0.5, 0.6) is 0 Å². The molecule has 0 bridgehead atoms. The minimum Gasteiger partial charge on any atom is -0.379 e. The molecule has 0 aromatic rings. The summed E-state index contributed by atoms with van der Waals surface area (Å²) < 4.78 is 10.8. The minimum absolute atomic E-state index is 0.0703. The van der Waals surface area contributed by atoms with Gasteiger partial charge in [-0.3, -0.25) is 9.59 Å². The van der Waals surface area contributed by atoms with Crippen LogP contribution in [0.2, 0.25) is 0 Å². The molecule has 0 aliphatic rings. The molecule has 0 saturated carbocycles. The SMILES string of the molecule is CC(C)CC(=O)CCCOCCOCCNC(=O)CC(C)C. The first-order valence-corrected chi connectivity index (χ1v) is 8.35. The highest BCUT2D eigenvalue weighted by molar-refractivity contribution is 5.78. The van der Waals surface area contributed by atoms with Crippen LogP contribution in [0.3, 0.4) is 0 Å². The Bertz CT molecular complexity index is 273. The van der Waals surface area contributed by atoms with Crippen molar-refractivity contribution >= 4 is 11.7 Å². The topological polar surface area (TPSA) is 64.6 Å². The van der Waals surface area contributed by atoms with Gasteiger partial charge in [-0.05, 0) is 18.3 Å². The van der Waals surface area contributed by atoms with Crippen molar-refractivity contribution in [3.05, 3.63) is 0 Å². The Morgan fingerprint density at radius 3 is 2.05 bits per heavy atom. The first-order chi connectivity index (χ1) is 10.4. The normalized spacial score (nSPS) is 11.2. The molecule has 0 aromatic heterocycles. The van der Waals surface area contributed by atoms with Crippen molar-refractivity contribution in [1.29, 1.82) is 0 Å². The van der Waals surface area contributed by atoms with Gasteiger partial charge in [-0.15, -0.1) is 0 Å². The summed E-state index contributed by atoms with van der Waals surface area (Å²) >= 11 is 0. The summed E-state index contributed by atoms with van der Waals surface area (Å²) in [4.78, 5) is 22.8. The molecule has 0 unspecified atom stereocenters. The van der Waals surface area contributed by atoms with E-state index in [-0.39, 0.29) is 5.91 Å². The van der Waals surface area contributed by atoms with Crippen LogP contribution in [0, 0.1) is 11.8 Å². The second kappa shape index (κ2) is 13.7. The van der Waals surface area contributed by atoms with Gasteiger partial charge in [0.05, 0.1) is 19.8 Å². The zero-order valence-electron chi connectivity index (χ0n) is 14.7. The third kappa shape index (κ3) is 15.4. The summed E-state index contributed by atoms with van der Waals surface area (Å²) in [5.41, 5.74) is 0. The molecule has 0 rings (SSSR count). The van der Waals surface area contributed by atoms with Gasteiger partial charge >= 0.3 is 0 Å². The van der Waals surface area contributed by atoms with E-state index < -0.39 is 0 Å².